The van der Waals surface area contributed by atoms with Crippen molar-refractivity contribution >= 4 is 5.69 Å². The molecule has 0 fully saturated rings. The Morgan fingerprint density at radius 1 is 1.29 bits per heavy atom. The van der Waals surface area contributed by atoms with Crippen LogP contribution < -0.4 is 0 Å². The van der Waals surface area contributed by atoms with Gasteiger partial charge in [0, 0.05) is 23.5 Å². The Labute approximate surface area is 98.9 Å². The molecule has 0 bridgehead atoms. The minimum absolute atomic E-state index is 0.142. The van der Waals surface area contributed by atoms with Crippen LogP contribution in [-0.2, 0) is 0 Å². The van der Waals surface area contributed by atoms with Crippen LogP contribution in [-0.4, -0.2) is 14.5 Å². The van der Waals surface area contributed by atoms with Gasteiger partial charge in [-0.25, -0.2) is 4.98 Å². The molecular formula is C12H13N3O2. The lowest BCUT2D eigenvalue weighted by atomic mass is 10.2. The molecule has 2 rings (SSSR count). The molecule has 5 heteroatoms. The summed E-state index contributed by atoms with van der Waals surface area (Å²) in [5.74, 6) is 0.871. The molecule has 0 unspecified atom stereocenters. The highest BCUT2D eigenvalue weighted by Crippen LogP contribution is 2.22. The second kappa shape index (κ2) is 4.01. The third kappa shape index (κ3) is 2.04. The zero-order valence-electron chi connectivity index (χ0n) is 9.97. The van der Waals surface area contributed by atoms with Gasteiger partial charge in [-0.05, 0) is 32.9 Å². The van der Waals surface area contributed by atoms with Crippen molar-refractivity contribution in [3.63, 3.8) is 0 Å². The summed E-state index contributed by atoms with van der Waals surface area (Å²) in [5, 5.41) is 10.7. The number of rotatable bonds is 2. The van der Waals surface area contributed by atoms with E-state index in [0.29, 0.717) is 5.56 Å². The Morgan fingerprint density at radius 3 is 2.47 bits per heavy atom. The molecule has 5 nitrogen and oxygen atoms in total. The fourth-order valence-electron chi connectivity index (χ4n) is 1.87. The van der Waals surface area contributed by atoms with E-state index in [1.54, 1.807) is 19.1 Å². The van der Waals surface area contributed by atoms with E-state index >= 15 is 0 Å². The van der Waals surface area contributed by atoms with E-state index in [-0.39, 0.29) is 10.6 Å². The fourth-order valence-corrected chi connectivity index (χ4v) is 1.87. The van der Waals surface area contributed by atoms with Crippen LogP contribution in [0, 0.1) is 30.9 Å². The first kappa shape index (κ1) is 11.3. The van der Waals surface area contributed by atoms with Crippen LogP contribution in [0.4, 0.5) is 5.69 Å². The Hall–Kier alpha value is -2.17. The molecule has 0 aliphatic rings. The topological polar surface area (TPSA) is 61.0 Å². The van der Waals surface area contributed by atoms with E-state index in [9.17, 15) is 10.1 Å². The number of imidazole rings is 1. The van der Waals surface area contributed by atoms with Gasteiger partial charge in [-0.2, -0.15) is 0 Å². The number of hydrogen-bond donors (Lipinski definition) is 0. The van der Waals surface area contributed by atoms with Crippen LogP contribution in [0.1, 0.15) is 17.1 Å². The smallest absolute Gasteiger partial charge is 0.272 e. The first-order valence-corrected chi connectivity index (χ1v) is 5.27. The van der Waals surface area contributed by atoms with Gasteiger partial charge in [0.1, 0.15) is 5.82 Å². The number of aromatic nitrogens is 2. The zero-order valence-corrected chi connectivity index (χ0v) is 9.97. The highest BCUT2D eigenvalue weighted by atomic mass is 16.6. The highest BCUT2D eigenvalue weighted by molar-refractivity contribution is 5.48. The average Bonchev–Trinajstić information content (AvgIpc) is 2.57. The first-order chi connectivity index (χ1) is 7.99. The van der Waals surface area contributed by atoms with Gasteiger partial charge in [0.25, 0.3) is 5.69 Å². The van der Waals surface area contributed by atoms with E-state index in [0.717, 1.165) is 17.2 Å². The minimum Gasteiger partial charge on any atom is -0.304 e. The fraction of sp³-hybridized carbons (Fsp3) is 0.250. The predicted octanol–water partition coefficient (Wildman–Crippen LogP) is 2.71. The zero-order chi connectivity index (χ0) is 12.6. The first-order valence-electron chi connectivity index (χ1n) is 5.27. The van der Waals surface area contributed by atoms with Gasteiger partial charge < -0.3 is 4.57 Å². The van der Waals surface area contributed by atoms with Gasteiger partial charge in [-0.1, -0.05) is 0 Å². The molecule has 88 valence electrons. The molecule has 1 heterocycles. The molecule has 0 atom stereocenters. The monoisotopic (exact) mass is 231 g/mol. The number of hydrogen-bond acceptors (Lipinski definition) is 3. The second-order valence-corrected chi connectivity index (χ2v) is 4.03. The summed E-state index contributed by atoms with van der Waals surface area (Å²) in [4.78, 5) is 14.7. The molecule has 0 amide bonds. The lowest BCUT2D eigenvalue weighted by Crippen LogP contribution is -1.98. The van der Waals surface area contributed by atoms with Gasteiger partial charge >= 0.3 is 0 Å². The maximum Gasteiger partial charge on any atom is 0.272 e. The van der Waals surface area contributed by atoms with E-state index < -0.39 is 0 Å². The number of nitro groups is 1. The Bertz CT molecular complexity index is 587. The molecule has 2 aromatic rings. The molecule has 0 N–H and O–H groups in total. The van der Waals surface area contributed by atoms with Crippen LogP contribution in [0.5, 0.6) is 0 Å². The molecule has 17 heavy (non-hydrogen) atoms. The summed E-state index contributed by atoms with van der Waals surface area (Å²) in [5.41, 5.74) is 2.62. The molecule has 0 saturated carbocycles. The van der Waals surface area contributed by atoms with Crippen molar-refractivity contribution in [2.75, 3.05) is 0 Å². The summed E-state index contributed by atoms with van der Waals surface area (Å²) >= 11 is 0. The van der Waals surface area contributed by atoms with Crippen LogP contribution in [0.25, 0.3) is 5.69 Å². The van der Waals surface area contributed by atoms with Crippen molar-refractivity contribution in [2.45, 2.75) is 20.8 Å². The Balaban J connectivity index is 2.51. The summed E-state index contributed by atoms with van der Waals surface area (Å²) in [6.07, 6.45) is 1.91. The third-order valence-corrected chi connectivity index (χ3v) is 2.66. The van der Waals surface area contributed by atoms with Crippen LogP contribution in [0.2, 0.25) is 0 Å². The van der Waals surface area contributed by atoms with Gasteiger partial charge in [-0.15, -0.1) is 0 Å². The van der Waals surface area contributed by atoms with E-state index in [1.165, 1.54) is 6.07 Å². The standard InChI is InChI=1S/C12H13N3O2/c1-8-6-11(4-5-12(8)15(16)17)14-7-9(2)13-10(14)3/h4-7H,1-3H3. The van der Waals surface area contributed by atoms with E-state index in [1.807, 2.05) is 24.6 Å². The van der Waals surface area contributed by atoms with Crippen molar-refractivity contribution in [1.29, 1.82) is 0 Å². The van der Waals surface area contributed by atoms with Crippen molar-refractivity contribution < 1.29 is 4.92 Å². The summed E-state index contributed by atoms with van der Waals surface area (Å²) in [6, 6.07) is 5.06. The van der Waals surface area contributed by atoms with Crippen LogP contribution >= 0.6 is 0 Å². The predicted molar refractivity (Wildman–Crippen MR) is 64.4 cm³/mol. The molecule has 0 aliphatic carbocycles. The molecule has 0 radical (unpaired) electrons. The number of nitro benzene ring substituents is 1. The highest BCUT2D eigenvalue weighted by Gasteiger charge is 2.11. The maximum atomic E-state index is 10.7. The van der Waals surface area contributed by atoms with Crippen molar-refractivity contribution in [2.24, 2.45) is 0 Å². The molecule has 1 aromatic carbocycles. The summed E-state index contributed by atoms with van der Waals surface area (Å²) in [6.45, 7) is 5.56. The van der Waals surface area contributed by atoms with Crippen molar-refractivity contribution in [1.82, 2.24) is 9.55 Å². The number of aryl methyl sites for hydroxylation is 3. The maximum absolute atomic E-state index is 10.7. The molecule has 0 aliphatic heterocycles. The average molecular weight is 231 g/mol. The van der Waals surface area contributed by atoms with E-state index in [2.05, 4.69) is 4.98 Å². The largest absolute Gasteiger partial charge is 0.304 e. The van der Waals surface area contributed by atoms with Gasteiger partial charge in [0.05, 0.1) is 10.6 Å². The van der Waals surface area contributed by atoms with Crippen molar-refractivity contribution in [3.8, 4) is 5.69 Å². The Morgan fingerprint density at radius 2 is 2.00 bits per heavy atom. The van der Waals surface area contributed by atoms with Gasteiger partial charge in [0.2, 0.25) is 0 Å². The van der Waals surface area contributed by atoms with Gasteiger partial charge in [-0.3, -0.25) is 10.1 Å². The Kier molecular flexibility index (Phi) is 2.67. The SMILES string of the molecule is Cc1cn(-c2ccc([N+](=O)[O-])c(C)c2)c(C)n1. The van der Waals surface area contributed by atoms with E-state index in [4.69, 9.17) is 0 Å². The van der Waals surface area contributed by atoms with Crippen molar-refractivity contribution in [3.05, 3.63) is 51.6 Å². The second-order valence-electron chi connectivity index (χ2n) is 4.03. The summed E-state index contributed by atoms with van der Waals surface area (Å²) < 4.78 is 1.92. The quantitative estimate of drug-likeness (QED) is 0.589. The number of nitrogens with zero attached hydrogens (tertiary/aromatic N) is 3. The molecule has 0 spiro atoms. The normalized spacial score (nSPS) is 10.5. The number of benzene rings is 1. The molecule has 1 aromatic heterocycles. The molecule has 0 saturated heterocycles. The minimum atomic E-state index is -0.370. The summed E-state index contributed by atoms with van der Waals surface area (Å²) in [7, 11) is 0. The van der Waals surface area contributed by atoms with Gasteiger partial charge in [0.15, 0.2) is 0 Å². The third-order valence-electron chi connectivity index (χ3n) is 2.66. The lowest BCUT2D eigenvalue weighted by molar-refractivity contribution is -0.385. The lowest BCUT2D eigenvalue weighted by Gasteiger charge is -2.06. The van der Waals surface area contributed by atoms with Crippen LogP contribution in [0.3, 0.4) is 0 Å². The van der Waals surface area contributed by atoms with Crippen LogP contribution in [0.15, 0.2) is 24.4 Å². The molecular weight excluding hydrogens is 218 g/mol.